The molecule has 0 aliphatic rings. The summed E-state index contributed by atoms with van der Waals surface area (Å²) in [4.78, 5) is 22.2. The number of thiazole rings is 1. The van der Waals surface area contributed by atoms with Gasteiger partial charge in [0.15, 0.2) is 16.6 Å². The Morgan fingerprint density at radius 1 is 0.923 bits per heavy atom. The lowest BCUT2D eigenvalue weighted by molar-refractivity contribution is 0.0985. The summed E-state index contributed by atoms with van der Waals surface area (Å²) in [6.07, 6.45) is 0. The number of carbonyl (C=O) groups excluding carboxylic acids is 1. The Hall–Kier alpha value is -3.67. The molecular formula is C28H32N4O5S2. The third kappa shape index (κ3) is 6.00. The van der Waals surface area contributed by atoms with E-state index in [-0.39, 0.29) is 17.3 Å². The number of likely N-dealkylation sites (N-methyl/N-ethyl adjacent to an activating group) is 1. The second-order valence-electron chi connectivity index (χ2n) is 8.96. The van der Waals surface area contributed by atoms with Crippen molar-refractivity contribution in [3.05, 3.63) is 72.3 Å². The van der Waals surface area contributed by atoms with E-state index in [1.54, 1.807) is 68.5 Å². The molecule has 11 heteroatoms. The van der Waals surface area contributed by atoms with Gasteiger partial charge in [-0.15, -0.1) is 0 Å². The van der Waals surface area contributed by atoms with Gasteiger partial charge in [-0.3, -0.25) is 14.0 Å². The summed E-state index contributed by atoms with van der Waals surface area (Å²) in [5, 5.41) is 0.532. The molecule has 0 aliphatic heterocycles. The maximum absolute atomic E-state index is 13.7. The number of hydrogen-bond donors (Lipinski definition) is 0. The van der Waals surface area contributed by atoms with Gasteiger partial charge in [0.05, 0.1) is 35.0 Å². The number of carbonyl (C=O) groups is 1. The molecule has 1 heterocycles. The number of para-hydroxylation sites is 1. The van der Waals surface area contributed by atoms with Gasteiger partial charge in [-0.25, -0.2) is 13.4 Å². The zero-order chi connectivity index (χ0) is 28.2. The normalized spacial score (nSPS) is 11.5. The quantitative estimate of drug-likeness (QED) is 0.258. The number of ether oxygens (including phenoxy) is 2. The van der Waals surface area contributed by atoms with Crippen LogP contribution in [0.15, 0.2) is 71.6 Å². The van der Waals surface area contributed by atoms with Crippen molar-refractivity contribution in [2.24, 2.45) is 0 Å². The van der Waals surface area contributed by atoms with Gasteiger partial charge in [0.25, 0.3) is 15.9 Å². The zero-order valence-corrected chi connectivity index (χ0v) is 24.3. The molecule has 0 N–H and O–H groups in total. The van der Waals surface area contributed by atoms with E-state index in [2.05, 4.69) is 0 Å². The number of methoxy groups -OCH3 is 2. The molecule has 1 aromatic heterocycles. The largest absolute Gasteiger partial charge is 0.493 e. The first-order valence-electron chi connectivity index (χ1n) is 12.4. The predicted octanol–water partition coefficient (Wildman–Crippen LogP) is 4.74. The lowest BCUT2D eigenvalue weighted by Crippen LogP contribution is -2.36. The Labute approximate surface area is 233 Å². The van der Waals surface area contributed by atoms with Crippen molar-refractivity contribution >= 4 is 48.3 Å². The van der Waals surface area contributed by atoms with Gasteiger partial charge in [-0.2, -0.15) is 0 Å². The van der Waals surface area contributed by atoms with E-state index in [4.69, 9.17) is 14.5 Å². The first kappa shape index (κ1) is 28.3. The van der Waals surface area contributed by atoms with E-state index in [0.29, 0.717) is 46.5 Å². The number of anilines is 2. The highest BCUT2D eigenvalue weighted by Gasteiger charge is 2.26. The number of benzene rings is 3. The fourth-order valence-electron chi connectivity index (χ4n) is 4.08. The standard InChI is InChI=1S/C28H32N4O5S2/c1-6-32(21-10-8-7-9-11-21)39(34,35)22-14-12-20(13-15-22)27(33)31(17-16-30(2)3)28-29-23-18-24(36-4)25(37-5)19-26(23)38-28/h7-15,18-19H,6,16-17H2,1-5H3. The molecule has 4 rings (SSSR count). The molecule has 0 radical (unpaired) electrons. The second kappa shape index (κ2) is 12.0. The van der Waals surface area contributed by atoms with Crippen LogP contribution in [0.5, 0.6) is 11.5 Å². The number of amides is 1. The Bertz CT molecular complexity index is 1500. The minimum atomic E-state index is -3.80. The Morgan fingerprint density at radius 3 is 2.15 bits per heavy atom. The minimum absolute atomic E-state index is 0.115. The molecule has 0 saturated carbocycles. The number of aromatic nitrogens is 1. The fourth-order valence-corrected chi connectivity index (χ4v) is 6.55. The van der Waals surface area contributed by atoms with Crippen LogP contribution in [-0.2, 0) is 10.0 Å². The smallest absolute Gasteiger partial charge is 0.264 e. The third-order valence-electron chi connectivity index (χ3n) is 6.15. The topological polar surface area (TPSA) is 92.3 Å². The van der Waals surface area contributed by atoms with E-state index in [1.807, 2.05) is 31.1 Å². The summed E-state index contributed by atoms with van der Waals surface area (Å²) in [7, 11) is 3.20. The van der Waals surface area contributed by atoms with Gasteiger partial charge in [-0.05, 0) is 57.4 Å². The Balaban J connectivity index is 1.66. The molecule has 0 aliphatic carbocycles. The van der Waals surface area contributed by atoms with E-state index >= 15 is 0 Å². The van der Waals surface area contributed by atoms with Crippen molar-refractivity contribution in [3.8, 4) is 11.5 Å². The van der Waals surface area contributed by atoms with Crippen LogP contribution in [0.2, 0.25) is 0 Å². The molecule has 3 aromatic carbocycles. The SMILES string of the molecule is CCN(c1ccccc1)S(=O)(=O)c1ccc(C(=O)N(CCN(C)C)c2nc3cc(OC)c(OC)cc3s2)cc1. The average molecular weight is 569 g/mol. The molecule has 206 valence electrons. The van der Waals surface area contributed by atoms with Crippen molar-refractivity contribution in [1.29, 1.82) is 0 Å². The third-order valence-corrected chi connectivity index (χ3v) is 9.11. The maximum atomic E-state index is 13.7. The second-order valence-corrected chi connectivity index (χ2v) is 11.8. The maximum Gasteiger partial charge on any atom is 0.264 e. The molecular weight excluding hydrogens is 536 g/mol. The van der Waals surface area contributed by atoms with Crippen LogP contribution in [0, 0.1) is 0 Å². The molecule has 0 atom stereocenters. The van der Waals surface area contributed by atoms with Gasteiger partial charge >= 0.3 is 0 Å². The summed E-state index contributed by atoms with van der Waals surface area (Å²) >= 11 is 1.38. The number of nitrogens with zero attached hydrogens (tertiary/aromatic N) is 4. The van der Waals surface area contributed by atoms with Crippen LogP contribution in [0.4, 0.5) is 10.8 Å². The summed E-state index contributed by atoms with van der Waals surface area (Å²) in [5.74, 6) is 0.871. The Morgan fingerprint density at radius 2 is 1.56 bits per heavy atom. The van der Waals surface area contributed by atoms with Gasteiger partial charge in [0.1, 0.15) is 0 Å². The molecule has 0 bridgehead atoms. The molecule has 4 aromatic rings. The van der Waals surface area contributed by atoms with Gasteiger partial charge < -0.3 is 14.4 Å². The van der Waals surface area contributed by atoms with Crippen molar-refractivity contribution in [1.82, 2.24) is 9.88 Å². The summed E-state index contributed by atoms with van der Waals surface area (Å²) in [6.45, 7) is 3.08. The number of fused-ring (bicyclic) bond motifs is 1. The van der Waals surface area contributed by atoms with E-state index in [0.717, 1.165) is 4.70 Å². The van der Waals surface area contributed by atoms with E-state index in [9.17, 15) is 13.2 Å². The summed E-state index contributed by atoms with van der Waals surface area (Å²) < 4.78 is 39.8. The number of rotatable bonds is 11. The van der Waals surface area contributed by atoms with E-state index in [1.165, 1.54) is 27.8 Å². The van der Waals surface area contributed by atoms with Gasteiger partial charge in [-0.1, -0.05) is 29.5 Å². The lowest BCUT2D eigenvalue weighted by Gasteiger charge is -2.24. The molecule has 1 amide bonds. The van der Waals surface area contributed by atoms with Crippen LogP contribution in [-0.4, -0.2) is 72.2 Å². The molecule has 0 unspecified atom stereocenters. The zero-order valence-electron chi connectivity index (χ0n) is 22.6. The fraction of sp³-hybridized carbons (Fsp3) is 0.286. The number of sulfonamides is 1. The van der Waals surface area contributed by atoms with Crippen molar-refractivity contribution in [3.63, 3.8) is 0 Å². The average Bonchev–Trinajstić information content (AvgIpc) is 3.35. The molecule has 9 nitrogen and oxygen atoms in total. The Kier molecular flexibility index (Phi) is 8.73. The highest BCUT2D eigenvalue weighted by molar-refractivity contribution is 7.92. The lowest BCUT2D eigenvalue weighted by atomic mass is 10.2. The predicted molar refractivity (Wildman–Crippen MR) is 156 cm³/mol. The van der Waals surface area contributed by atoms with Crippen LogP contribution < -0.4 is 18.7 Å². The van der Waals surface area contributed by atoms with Crippen LogP contribution in [0.25, 0.3) is 10.2 Å². The molecule has 0 spiro atoms. The van der Waals surface area contributed by atoms with Crippen molar-refractivity contribution in [2.75, 3.05) is 57.2 Å². The highest BCUT2D eigenvalue weighted by atomic mass is 32.2. The monoisotopic (exact) mass is 568 g/mol. The molecule has 0 fully saturated rings. The number of hydrogen-bond acceptors (Lipinski definition) is 8. The van der Waals surface area contributed by atoms with Crippen molar-refractivity contribution in [2.45, 2.75) is 11.8 Å². The van der Waals surface area contributed by atoms with Crippen LogP contribution >= 0.6 is 11.3 Å². The molecule has 39 heavy (non-hydrogen) atoms. The van der Waals surface area contributed by atoms with Crippen molar-refractivity contribution < 1.29 is 22.7 Å². The molecule has 0 saturated heterocycles. The van der Waals surface area contributed by atoms with Gasteiger partial charge in [0.2, 0.25) is 0 Å². The van der Waals surface area contributed by atoms with Gasteiger partial charge in [0, 0.05) is 37.3 Å². The van der Waals surface area contributed by atoms with E-state index < -0.39 is 10.0 Å². The minimum Gasteiger partial charge on any atom is -0.493 e. The first-order chi connectivity index (χ1) is 18.7. The highest BCUT2D eigenvalue weighted by Crippen LogP contribution is 2.37. The first-order valence-corrected chi connectivity index (χ1v) is 14.6. The van der Waals surface area contributed by atoms with Crippen LogP contribution in [0.1, 0.15) is 17.3 Å². The summed E-state index contributed by atoms with van der Waals surface area (Å²) in [5.41, 5.74) is 1.64. The summed E-state index contributed by atoms with van der Waals surface area (Å²) in [6, 6.07) is 18.6. The van der Waals surface area contributed by atoms with Crippen LogP contribution in [0.3, 0.4) is 0 Å².